The van der Waals surface area contributed by atoms with E-state index in [9.17, 15) is 18.0 Å². The minimum Gasteiger partial charge on any atom is -0.353 e. The highest BCUT2D eigenvalue weighted by atomic mass is 35.5. The number of amides is 2. The van der Waals surface area contributed by atoms with Crippen molar-refractivity contribution in [2.45, 2.75) is 43.0 Å². The van der Waals surface area contributed by atoms with Crippen LogP contribution in [0.5, 0.6) is 0 Å². The smallest absolute Gasteiger partial charge is 0.242 e. The van der Waals surface area contributed by atoms with E-state index in [1.165, 1.54) is 12.1 Å². The van der Waals surface area contributed by atoms with Gasteiger partial charge in [0.25, 0.3) is 0 Å². The number of carbonyl (C=O) groups excluding carboxylic acids is 2. The number of hydrogen-bond donors (Lipinski definition) is 2. The predicted molar refractivity (Wildman–Crippen MR) is 102 cm³/mol. The van der Waals surface area contributed by atoms with Gasteiger partial charge in [-0.05, 0) is 37.8 Å². The summed E-state index contributed by atoms with van der Waals surface area (Å²) in [5.74, 6) is 0.264. The van der Waals surface area contributed by atoms with Gasteiger partial charge in [0.2, 0.25) is 21.8 Å². The summed E-state index contributed by atoms with van der Waals surface area (Å²) in [6.07, 6.45) is 3.51. The van der Waals surface area contributed by atoms with Crippen LogP contribution in [-0.4, -0.2) is 50.8 Å². The number of benzene rings is 1. The second kappa shape index (κ2) is 8.58. The van der Waals surface area contributed by atoms with Gasteiger partial charge in [-0.25, -0.2) is 13.1 Å². The fourth-order valence-corrected chi connectivity index (χ4v) is 4.72. The Morgan fingerprint density at radius 1 is 1.11 bits per heavy atom. The molecule has 0 aromatic heterocycles. The lowest BCUT2D eigenvalue weighted by atomic mass is 10.0. The van der Waals surface area contributed by atoms with Gasteiger partial charge in [-0.3, -0.25) is 9.59 Å². The minimum atomic E-state index is -3.74. The Labute approximate surface area is 164 Å². The molecular weight excluding hydrogens is 390 g/mol. The normalized spacial score (nSPS) is 18.3. The molecule has 2 N–H and O–H groups in total. The predicted octanol–water partition coefficient (Wildman–Crippen LogP) is 1.53. The van der Waals surface area contributed by atoms with E-state index in [4.69, 9.17) is 11.6 Å². The highest BCUT2D eigenvalue weighted by molar-refractivity contribution is 7.89. The molecule has 0 spiro atoms. The van der Waals surface area contributed by atoms with Gasteiger partial charge in [0, 0.05) is 38.0 Å². The van der Waals surface area contributed by atoms with Crippen LogP contribution in [-0.2, 0) is 19.6 Å². The first kappa shape index (κ1) is 20.1. The third kappa shape index (κ3) is 5.43. The Morgan fingerprint density at radius 3 is 2.41 bits per heavy atom. The Bertz CT molecular complexity index is 803. The average Bonchev–Trinajstić information content (AvgIpc) is 3.47. The molecule has 9 heteroatoms. The molecule has 0 unspecified atom stereocenters. The van der Waals surface area contributed by atoms with Gasteiger partial charge >= 0.3 is 0 Å². The van der Waals surface area contributed by atoms with E-state index in [2.05, 4.69) is 10.0 Å². The zero-order valence-electron chi connectivity index (χ0n) is 15.0. The summed E-state index contributed by atoms with van der Waals surface area (Å²) in [4.78, 5) is 26.0. The fraction of sp³-hybridized carbons (Fsp3) is 0.556. The lowest BCUT2D eigenvalue weighted by Crippen LogP contribution is -2.47. The largest absolute Gasteiger partial charge is 0.353 e. The van der Waals surface area contributed by atoms with Gasteiger partial charge < -0.3 is 10.2 Å². The summed E-state index contributed by atoms with van der Waals surface area (Å²) in [7, 11) is -3.74. The van der Waals surface area contributed by atoms with E-state index < -0.39 is 10.0 Å². The quantitative estimate of drug-likeness (QED) is 0.708. The number of nitrogens with zero attached hydrogens (tertiary/aromatic N) is 1. The lowest BCUT2D eigenvalue weighted by Gasteiger charge is -2.32. The van der Waals surface area contributed by atoms with Crippen molar-refractivity contribution in [1.82, 2.24) is 14.9 Å². The molecule has 1 aliphatic carbocycles. The van der Waals surface area contributed by atoms with Crippen LogP contribution >= 0.6 is 11.6 Å². The molecule has 1 saturated heterocycles. The first-order chi connectivity index (χ1) is 12.9. The summed E-state index contributed by atoms with van der Waals surface area (Å²) in [6.45, 7) is 1.33. The number of hydrogen-bond acceptors (Lipinski definition) is 4. The molecule has 148 valence electrons. The molecule has 0 radical (unpaired) electrons. The summed E-state index contributed by atoms with van der Waals surface area (Å²) in [5, 5.41) is 3.06. The van der Waals surface area contributed by atoms with Crippen molar-refractivity contribution in [1.29, 1.82) is 0 Å². The van der Waals surface area contributed by atoms with Gasteiger partial charge in [0.1, 0.15) is 4.90 Å². The molecule has 3 rings (SSSR count). The van der Waals surface area contributed by atoms with Crippen LogP contribution in [0.1, 0.15) is 32.1 Å². The molecule has 2 fully saturated rings. The SMILES string of the molecule is O=C(CCNS(=O)(=O)c1ccccc1Cl)NC1CCN(C(=O)C2CC2)CC1. The first-order valence-corrected chi connectivity index (χ1v) is 11.1. The van der Waals surface area contributed by atoms with Crippen molar-refractivity contribution in [2.75, 3.05) is 19.6 Å². The van der Waals surface area contributed by atoms with E-state index in [0.29, 0.717) is 13.1 Å². The highest BCUT2D eigenvalue weighted by Gasteiger charge is 2.35. The van der Waals surface area contributed by atoms with E-state index in [1.807, 2.05) is 4.90 Å². The van der Waals surface area contributed by atoms with Crippen LogP contribution in [0, 0.1) is 5.92 Å². The van der Waals surface area contributed by atoms with Gasteiger partial charge in [0.05, 0.1) is 5.02 Å². The Balaban J connectivity index is 1.39. The average molecular weight is 414 g/mol. The third-order valence-electron chi connectivity index (χ3n) is 4.87. The highest BCUT2D eigenvalue weighted by Crippen LogP contribution is 2.31. The second-order valence-corrected chi connectivity index (χ2v) is 9.16. The maximum absolute atomic E-state index is 12.2. The molecule has 1 aromatic rings. The van der Waals surface area contributed by atoms with Gasteiger partial charge in [-0.1, -0.05) is 23.7 Å². The Hall–Kier alpha value is -1.64. The van der Waals surface area contributed by atoms with Crippen LogP contribution in [0.2, 0.25) is 5.02 Å². The van der Waals surface area contributed by atoms with Crippen LogP contribution in [0.15, 0.2) is 29.2 Å². The van der Waals surface area contributed by atoms with Crippen molar-refractivity contribution >= 4 is 33.4 Å². The number of carbonyl (C=O) groups is 2. The van der Waals surface area contributed by atoms with Crippen LogP contribution < -0.4 is 10.0 Å². The lowest BCUT2D eigenvalue weighted by molar-refractivity contribution is -0.133. The van der Waals surface area contributed by atoms with Gasteiger partial charge in [0.15, 0.2) is 0 Å². The maximum Gasteiger partial charge on any atom is 0.242 e. The summed E-state index contributed by atoms with van der Waals surface area (Å²) in [5.41, 5.74) is 0. The Kier molecular flexibility index (Phi) is 6.39. The monoisotopic (exact) mass is 413 g/mol. The van der Waals surface area contributed by atoms with Gasteiger partial charge in [-0.2, -0.15) is 0 Å². The molecule has 7 nitrogen and oxygen atoms in total. The molecule has 0 bridgehead atoms. The van der Waals surface area contributed by atoms with Crippen LogP contribution in [0.3, 0.4) is 0 Å². The molecule has 1 aliphatic heterocycles. The topological polar surface area (TPSA) is 95.6 Å². The molecule has 1 heterocycles. The standard InChI is InChI=1S/C18H24ClN3O4S/c19-15-3-1-2-4-16(15)27(25,26)20-10-7-17(23)21-14-8-11-22(12-9-14)18(24)13-5-6-13/h1-4,13-14,20H,5-12H2,(H,21,23). The molecule has 0 atom stereocenters. The molecular formula is C18H24ClN3O4S. The van der Waals surface area contributed by atoms with Crippen molar-refractivity contribution in [3.05, 3.63) is 29.3 Å². The number of halogens is 1. The summed E-state index contributed by atoms with van der Waals surface area (Å²) < 4.78 is 26.8. The number of likely N-dealkylation sites (tertiary alicyclic amines) is 1. The zero-order valence-corrected chi connectivity index (χ0v) is 16.6. The molecule has 27 heavy (non-hydrogen) atoms. The summed E-state index contributed by atoms with van der Waals surface area (Å²) >= 11 is 5.91. The molecule has 2 amide bonds. The summed E-state index contributed by atoms with van der Waals surface area (Å²) in [6, 6.07) is 6.19. The number of sulfonamides is 1. The van der Waals surface area contributed by atoms with E-state index in [1.54, 1.807) is 12.1 Å². The van der Waals surface area contributed by atoms with Crippen LogP contribution in [0.25, 0.3) is 0 Å². The first-order valence-electron chi connectivity index (χ1n) is 9.19. The van der Waals surface area contributed by atoms with E-state index in [-0.39, 0.29) is 46.7 Å². The van der Waals surface area contributed by atoms with E-state index in [0.717, 1.165) is 25.7 Å². The van der Waals surface area contributed by atoms with Crippen LogP contribution in [0.4, 0.5) is 0 Å². The van der Waals surface area contributed by atoms with Crippen molar-refractivity contribution in [3.8, 4) is 0 Å². The Morgan fingerprint density at radius 2 is 1.78 bits per heavy atom. The van der Waals surface area contributed by atoms with Crippen molar-refractivity contribution < 1.29 is 18.0 Å². The molecule has 2 aliphatic rings. The number of nitrogens with one attached hydrogen (secondary N) is 2. The van der Waals surface area contributed by atoms with Crippen molar-refractivity contribution in [2.24, 2.45) is 5.92 Å². The van der Waals surface area contributed by atoms with E-state index >= 15 is 0 Å². The second-order valence-electron chi connectivity index (χ2n) is 7.02. The molecule has 1 saturated carbocycles. The van der Waals surface area contributed by atoms with Gasteiger partial charge in [-0.15, -0.1) is 0 Å². The van der Waals surface area contributed by atoms with Crippen molar-refractivity contribution in [3.63, 3.8) is 0 Å². The number of piperidine rings is 1. The minimum absolute atomic E-state index is 0.000207. The zero-order chi connectivity index (χ0) is 19.4. The fourth-order valence-electron chi connectivity index (χ4n) is 3.17. The third-order valence-corrected chi connectivity index (χ3v) is 6.83. The maximum atomic E-state index is 12.2. The molecule has 1 aromatic carbocycles. The number of rotatable bonds is 7.